The number of alkyl carbamates (subject to hydrolysis) is 1. The van der Waals surface area contributed by atoms with Crippen LogP contribution < -0.4 is 26.6 Å². The topological polar surface area (TPSA) is 155 Å². The highest BCUT2D eigenvalue weighted by atomic mass is 16.5. The smallest absolute Gasteiger partial charge is 0.407 e. The average Bonchev–Trinajstić information content (AvgIpc) is 3.02. The number of anilines is 4. The van der Waals surface area contributed by atoms with Crippen molar-refractivity contribution in [1.29, 1.82) is 0 Å². The van der Waals surface area contributed by atoms with Crippen LogP contribution in [0.2, 0.25) is 0 Å². The van der Waals surface area contributed by atoms with Gasteiger partial charge in [-0.05, 0) is 55.5 Å². The third-order valence-electron chi connectivity index (χ3n) is 7.87. The molecule has 226 valence electrons. The van der Waals surface area contributed by atoms with Crippen LogP contribution >= 0.6 is 0 Å². The van der Waals surface area contributed by atoms with Crippen molar-refractivity contribution in [2.45, 2.75) is 51.3 Å². The van der Waals surface area contributed by atoms with Crippen molar-refractivity contribution in [1.82, 2.24) is 20.2 Å². The Labute approximate surface area is 251 Å². The van der Waals surface area contributed by atoms with Crippen molar-refractivity contribution in [3.63, 3.8) is 0 Å². The lowest BCUT2D eigenvalue weighted by molar-refractivity contribution is -0.129. The van der Waals surface area contributed by atoms with Crippen molar-refractivity contribution in [2.24, 2.45) is 5.73 Å². The van der Waals surface area contributed by atoms with E-state index in [1.165, 1.54) is 6.20 Å². The van der Waals surface area contributed by atoms with E-state index in [-0.39, 0.29) is 30.2 Å². The van der Waals surface area contributed by atoms with Crippen LogP contribution in [0.5, 0.6) is 0 Å². The van der Waals surface area contributed by atoms with Crippen molar-refractivity contribution >= 4 is 41.0 Å². The molecular formula is C31H38N8O4. The zero-order valence-electron chi connectivity index (χ0n) is 24.3. The number of nitrogens with two attached hydrogens (primary N) is 1. The van der Waals surface area contributed by atoms with E-state index in [4.69, 9.17) is 10.5 Å². The summed E-state index contributed by atoms with van der Waals surface area (Å²) in [5.74, 6) is 0.215. The molecule has 12 heteroatoms. The Bertz CT molecular complexity index is 1400. The van der Waals surface area contributed by atoms with Gasteiger partial charge in [0.25, 0.3) is 5.91 Å². The molecule has 0 atom stereocenters. The molecule has 1 saturated heterocycles. The van der Waals surface area contributed by atoms with Crippen molar-refractivity contribution in [2.75, 3.05) is 41.7 Å². The first-order valence-electron chi connectivity index (χ1n) is 14.6. The number of hydrogen-bond acceptors (Lipinski definition) is 9. The number of amides is 3. The molecule has 1 aliphatic carbocycles. The van der Waals surface area contributed by atoms with Gasteiger partial charge in [0.15, 0.2) is 0 Å². The third-order valence-corrected chi connectivity index (χ3v) is 7.87. The number of piperazine rings is 1. The van der Waals surface area contributed by atoms with E-state index >= 15 is 0 Å². The number of ether oxygens (including phenoxy) is 1. The largest absolute Gasteiger partial charge is 0.445 e. The number of nitrogens with one attached hydrogen (secondary N) is 3. The van der Waals surface area contributed by atoms with E-state index in [1.54, 1.807) is 6.92 Å². The second-order valence-corrected chi connectivity index (χ2v) is 10.9. The summed E-state index contributed by atoms with van der Waals surface area (Å²) in [5.41, 5.74) is 8.65. The Balaban J connectivity index is 1.13. The first-order chi connectivity index (χ1) is 20.8. The lowest BCUT2D eigenvalue weighted by Gasteiger charge is -2.35. The molecule has 1 aromatic heterocycles. The average molecular weight is 587 g/mol. The summed E-state index contributed by atoms with van der Waals surface area (Å²) in [4.78, 5) is 48.9. The fourth-order valence-electron chi connectivity index (χ4n) is 5.40. The highest BCUT2D eigenvalue weighted by Crippen LogP contribution is 2.26. The van der Waals surface area contributed by atoms with Crippen LogP contribution in [0.25, 0.3) is 0 Å². The number of carbonyl (C=O) groups is 3. The van der Waals surface area contributed by atoms with Crippen LogP contribution in [0.3, 0.4) is 0 Å². The van der Waals surface area contributed by atoms with E-state index in [0.717, 1.165) is 55.7 Å². The molecular weight excluding hydrogens is 548 g/mol. The van der Waals surface area contributed by atoms with Gasteiger partial charge in [0.2, 0.25) is 11.9 Å². The van der Waals surface area contributed by atoms with Gasteiger partial charge in [0, 0.05) is 62.8 Å². The van der Waals surface area contributed by atoms with Gasteiger partial charge in [-0.2, -0.15) is 4.98 Å². The number of rotatable bonds is 9. The summed E-state index contributed by atoms with van der Waals surface area (Å²) in [6.45, 7) is 4.83. The predicted molar refractivity (Wildman–Crippen MR) is 164 cm³/mol. The maximum absolute atomic E-state index is 12.3. The van der Waals surface area contributed by atoms with Crippen molar-refractivity contribution < 1.29 is 19.1 Å². The molecule has 1 saturated carbocycles. The molecule has 3 aromatic rings. The SMILES string of the molecule is CC(=O)N1CCN(c2ccc(Nc3ncc(C(N)=O)c(NC4CCC(NC(=O)OCc5ccccc5)CC4)n3)cc2)CC1. The Morgan fingerprint density at radius 2 is 1.60 bits per heavy atom. The van der Waals surface area contributed by atoms with Crippen LogP contribution in [0.15, 0.2) is 60.8 Å². The van der Waals surface area contributed by atoms with Gasteiger partial charge < -0.3 is 36.2 Å². The van der Waals surface area contributed by atoms with Crippen LogP contribution in [0, 0.1) is 0 Å². The lowest BCUT2D eigenvalue weighted by atomic mass is 9.91. The minimum absolute atomic E-state index is 0.0144. The third kappa shape index (κ3) is 8.12. The summed E-state index contributed by atoms with van der Waals surface area (Å²) >= 11 is 0. The van der Waals surface area contributed by atoms with E-state index in [0.29, 0.717) is 24.9 Å². The highest BCUT2D eigenvalue weighted by molar-refractivity contribution is 5.97. The number of aromatic nitrogens is 2. The summed E-state index contributed by atoms with van der Waals surface area (Å²) in [6.07, 6.45) is 4.07. The zero-order chi connectivity index (χ0) is 30.2. The number of primary amides is 1. The van der Waals surface area contributed by atoms with Crippen LogP contribution in [-0.2, 0) is 16.1 Å². The Kier molecular flexibility index (Phi) is 9.55. The summed E-state index contributed by atoms with van der Waals surface area (Å²) < 4.78 is 5.35. The second-order valence-electron chi connectivity index (χ2n) is 10.9. The molecule has 12 nitrogen and oxygen atoms in total. The highest BCUT2D eigenvalue weighted by Gasteiger charge is 2.25. The minimum Gasteiger partial charge on any atom is -0.445 e. The summed E-state index contributed by atoms with van der Waals surface area (Å²) in [5, 5.41) is 9.53. The first-order valence-corrected chi connectivity index (χ1v) is 14.6. The van der Waals surface area contributed by atoms with Crippen molar-refractivity contribution in [3.8, 4) is 0 Å². The number of benzene rings is 2. The first kappa shape index (κ1) is 29.6. The van der Waals surface area contributed by atoms with Gasteiger partial charge in [-0.3, -0.25) is 9.59 Å². The van der Waals surface area contributed by atoms with Crippen LogP contribution in [0.4, 0.5) is 27.9 Å². The molecule has 2 fully saturated rings. The Morgan fingerprint density at radius 3 is 2.26 bits per heavy atom. The van der Waals surface area contributed by atoms with Crippen molar-refractivity contribution in [3.05, 3.63) is 71.9 Å². The fraction of sp³-hybridized carbons (Fsp3) is 0.387. The molecule has 0 spiro atoms. The summed E-state index contributed by atoms with van der Waals surface area (Å²) in [6, 6.07) is 17.6. The molecule has 2 aliphatic rings. The van der Waals surface area contributed by atoms with Gasteiger partial charge in [-0.25, -0.2) is 9.78 Å². The van der Waals surface area contributed by atoms with Crippen LogP contribution in [0.1, 0.15) is 48.5 Å². The van der Waals surface area contributed by atoms with Gasteiger partial charge >= 0.3 is 6.09 Å². The zero-order valence-corrected chi connectivity index (χ0v) is 24.3. The molecule has 2 aromatic carbocycles. The monoisotopic (exact) mass is 586 g/mol. The van der Waals surface area contributed by atoms with Gasteiger partial charge in [0.1, 0.15) is 12.4 Å². The Hall–Kier alpha value is -4.87. The second kappa shape index (κ2) is 13.9. The predicted octanol–water partition coefficient (Wildman–Crippen LogP) is 3.64. The van der Waals surface area contributed by atoms with E-state index in [9.17, 15) is 14.4 Å². The normalized spacial score (nSPS) is 18.4. The quantitative estimate of drug-likeness (QED) is 0.294. The minimum atomic E-state index is -0.611. The molecule has 43 heavy (non-hydrogen) atoms. The fourth-order valence-corrected chi connectivity index (χ4v) is 5.40. The lowest BCUT2D eigenvalue weighted by Crippen LogP contribution is -2.48. The summed E-state index contributed by atoms with van der Waals surface area (Å²) in [7, 11) is 0. The Morgan fingerprint density at radius 1 is 0.930 bits per heavy atom. The number of nitrogens with zero attached hydrogens (tertiary/aromatic N) is 4. The van der Waals surface area contributed by atoms with Crippen LogP contribution in [-0.4, -0.2) is 71.0 Å². The van der Waals surface area contributed by atoms with Gasteiger partial charge in [-0.1, -0.05) is 30.3 Å². The molecule has 2 heterocycles. The molecule has 0 bridgehead atoms. The maximum Gasteiger partial charge on any atom is 0.407 e. The maximum atomic E-state index is 12.3. The molecule has 0 radical (unpaired) electrons. The van der Waals surface area contributed by atoms with E-state index in [1.807, 2.05) is 59.5 Å². The number of carbonyl (C=O) groups excluding carboxylic acids is 3. The molecule has 1 aliphatic heterocycles. The van der Waals surface area contributed by atoms with E-state index in [2.05, 4.69) is 30.8 Å². The van der Waals surface area contributed by atoms with Gasteiger partial charge in [0.05, 0.1) is 5.56 Å². The molecule has 3 amide bonds. The van der Waals surface area contributed by atoms with E-state index < -0.39 is 12.0 Å². The molecule has 0 unspecified atom stereocenters. The molecule has 5 rings (SSSR count). The molecule has 5 N–H and O–H groups in total. The number of hydrogen-bond donors (Lipinski definition) is 4. The van der Waals surface area contributed by atoms with Gasteiger partial charge in [-0.15, -0.1) is 0 Å². The standard InChI is InChI=1S/C31H38N8O4/c1-21(40)38-15-17-39(18-16-38)26-13-11-24(12-14-26)35-30-33-19-27(28(32)41)29(37-30)34-23-7-9-25(10-8-23)36-31(42)43-20-22-5-3-2-4-6-22/h2-6,11-14,19,23,25H,7-10,15-18,20H2,1H3,(H2,32,41)(H,36,42)(H2,33,34,35,37).